The molecule has 1 amide bonds. The molecular weight excluding hydrogens is 344 g/mol. The van der Waals surface area contributed by atoms with Gasteiger partial charge in [0.1, 0.15) is 18.1 Å². The molecule has 0 aromatic carbocycles. The van der Waals surface area contributed by atoms with Crippen LogP contribution in [-0.4, -0.2) is 54.5 Å². The molecule has 0 spiro atoms. The van der Waals surface area contributed by atoms with E-state index in [9.17, 15) is 9.59 Å². The second-order valence-electron chi connectivity index (χ2n) is 7.17. The van der Waals surface area contributed by atoms with E-state index in [2.05, 4.69) is 11.6 Å². The van der Waals surface area contributed by atoms with Gasteiger partial charge in [0.2, 0.25) is 5.91 Å². The van der Waals surface area contributed by atoms with Crippen LogP contribution in [-0.2, 0) is 19.1 Å². The van der Waals surface area contributed by atoms with Crippen molar-refractivity contribution in [2.45, 2.75) is 38.9 Å². The van der Waals surface area contributed by atoms with Gasteiger partial charge in [0, 0.05) is 49.1 Å². The Bertz CT molecular complexity index is 774. The van der Waals surface area contributed by atoms with Gasteiger partial charge in [-0.05, 0) is 38.3 Å². The number of methoxy groups -OCH3 is 1. The number of aromatic nitrogens is 1. The van der Waals surface area contributed by atoms with Crippen molar-refractivity contribution < 1.29 is 19.1 Å². The van der Waals surface area contributed by atoms with E-state index in [-0.39, 0.29) is 24.0 Å². The molecule has 6 nitrogen and oxygen atoms in total. The summed E-state index contributed by atoms with van der Waals surface area (Å²) in [5, 5.41) is 0. The Kier molecular flexibility index (Phi) is 5.75. The molecule has 2 aliphatic rings. The molecular formula is C21H26N2O4. The zero-order valence-corrected chi connectivity index (χ0v) is 16.1. The Labute approximate surface area is 159 Å². The predicted octanol–water partition coefficient (Wildman–Crippen LogP) is 2.62. The van der Waals surface area contributed by atoms with Gasteiger partial charge in [-0.1, -0.05) is 12.7 Å². The lowest BCUT2D eigenvalue weighted by Gasteiger charge is -2.43. The van der Waals surface area contributed by atoms with Crippen LogP contribution in [0.1, 0.15) is 36.6 Å². The Hall–Kier alpha value is -2.47. The molecule has 1 saturated carbocycles. The molecule has 1 aromatic heterocycles. The third-order valence-corrected chi connectivity index (χ3v) is 5.34. The summed E-state index contributed by atoms with van der Waals surface area (Å²) in [4.78, 5) is 29.9. The quantitative estimate of drug-likeness (QED) is 0.419. The molecule has 2 fully saturated rings. The van der Waals surface area contributed by atoms with Crippen LogP contribution in [0.15, 0.2) is 24.9 Å². The highest BCUT2D eigenvalue weighted by Crippen LogP contribution is 2.36. The van der Waals surface area contributed by atoms with Crippen LogP contribution in [0, 0.1) is 12.8 Å². The minimum absolute atomic E-state index is 0.0114. The number of carbonyl (C=O) groups is 2. The monoisotopic (exact) mass is 370 g/mol. The number of aryl methyl sites for hydroxylation is 1. The second kappa shape index (κ2) is 8.05. The summed E-state index contributed by atoms with van der Waals surface area (Å²) < 4.78 is 11.2. The molecule has 6 heteroatoms. The highest BCUT2D eigenvalue weighted by atomic mass is 16.5. The SMILES string of the molecule is C=C(OC1CC(C(=O)N2CC(OC)C2)C1)c1cnc(C)cc1/C(C=O)=C\C. The third-order valence-electron chi connectivity index (χ3n) is 5.34. The maximum absolute atomic E-state index is 12.4. The van der Waals surface area contributed by atoms with Crippen molar-refractivity contribution in [3.63, 3.8) is 0 Å². The fraction of sp³-hybridized carbons (Fsp3) is 0.476. The Balaban J connectivity index is 1.58. The fourth-order valence-corrected chi connectivity index (χ4v) is 3.46. The van der Waals surface area contributed by atoms with Crippen LogP contribution in [0.4, 0.5) is 0 Å². The van der Waals surface area contributed by atoms with Crippen molar-refractivity contribution >= 4 is 23.5 Å². The first-order valence-electron chi connectivity index (χ1n) is 9.22. The number of pyridine rings is 1. The molecule has 0 atom stereocenters. The predicted molar refractivity (Wildman–Crippen MR) is 103 cm³/mol. The van der Waals surface area contributed by atoms with Crippen LogP contribution >= 0.6 is 0 Å². The first-order chi connectivity index (χ1) is 13.0. The van der Waals surface area contributed by atoms with Crippen molar-refractivity contribution in [2.75, 3.05) is 20.2 Å². The van der Waals surface area contributed by atoms with Gasteiger partial charge in [0.25, 0.3) is 0 Å². The maximum Gasteiger partial charge on any atom is 0.226 e. The number of rotatable bonds is 7. The van der Waals surface area contributed by atoms with E-state index < -0.39 is 0 Å². The molecule has 1 aliphatic carbocycles. The summed E-state index contributed by atoms with van der Waals surface area (Å²) >= 11 is 0. The van der Waals surface area contributed by atoms with E-state index >= 15 is 0 Å². The molecule has 0 unspecified atom stereocenters. The number of allylic oxidation sites excluding steroid dienone is 2. The summed E-state index contributed by atoms with van der Waals surface area (Å²) in [5.74, 6) is 0.680. The Morgan fingerprint density at radius 2 is 2.00 bits per heavy atom. The zero-order valence-electron chi connectivity index (χ0n) is 16.1. The first kappa shape index (κ1) is 19.3. The Morgan fingerprint density at radius 3 is 2.59 bits per heavy atom. The molecule has 2 heterocycles. The summed E-state index contributed by atoms with van der Waals surface area (Å²) in [6.45, 7) is 9.08. The highest BCUT2D eigenvalue weighted by molar-refractivity contribution is 6.08. The van der Waals surface area contributed by atoms with Gasteiger partial charge < -0.3 is 14.4 Å². The van der Waals surface area contributed by atoms with E-state index in [0.29, 0.717) is 42.8 Å². The lowest BCUT2D eigenvalue weighted by atomic mass is 9.80. The van der Waals surface area contributed by atoms with Crippen LogP contribution in [0.5, 0.6) is 0 Å². The molecule has 3 rings (SSSR count). The van der Waals surface area contributed by atoms with Crippen LogP contribution in [0.3, 0.4) is 0 Å². The van der Waals surface area contributed by atoms with Gasteiger partial charge in [-0.25, -0.2) is 0 Å². The van der Waals surface area contributed by atoms with Crippen LogP contribution in [0.25, 0.3) is 11.3 Å². The van der Waals surface area contributed by atoms with Crippen molar-refractivity contribution in [1.82, 2.24) is 9.88 Å². The van der Waals surface area contributed by atoms with E-state index in [4.69, 9.17) is 9.47 Å². The summed E-state index contributed by atoms with van der Waals surface area (Å²) in [6, 6.07) is 1.86. The lowest BCUT2D eigenvalue weighted by Crippen LogP contribution is -2.57. The van der Waals surface area contributed by atoms with Gasteiger partial charge >= 0.3 is 0 Å². The molecule has 1 aromatic rings. The third kappa shape index (κ3) is 3.95. The minimum atomic E-state index is -0.0367. The average Bonchev–Trinajstić information content (AvgIpc) is 2.57. The molecule has 1 aliphatic heterocycles. The smallest absolute Gasteiger partial charge is 0.226 e. The van der Waals surface area contributed by atoms with Crippen molar-refractivity contribution in [1.29, 1.82) is 0 Å². The Morgan fingerprint density at radius 1 is 1.30 bits per heavy atom. The van der Waals surface area contributed by atoms with Crippen molar-refractivity contribution in [3.8, 4) is 0 Å². The zero-order chi connectivity index (χ0) is 19.6. The molecule has 1 saturated heterocycles. The molecule has 0 N–H and O–H groups in total. The highest BCUT2D eigenvalue weighted by Gasteiger charge is 2.42. The van der Waals surface area contributed by atoms with Gasteiger partial charge in [-0.2, -0.15) is 0 Å². The number of hydrogen-bond acceptors (Lipinski definition) is 5. The number of carbonyl (C=O) groups excluding carboxylic acids is 2. The van der Waals surface area contributed by atoms with Gasteiger partial charge in [-0.3, -0.25) is 14.6 Å². The van der Waals surface area contributed by atoms with Crippen molar-refractivity contribution in [2.24, 2.45) is 5.92 Å². The van der Waals surface area contributed by atoms with Crippen LogP contribution in [0.2, 0.25) is 0 Å². The van der Waals surface area contributed by atoms with Gasteiger partial charge in [-0.15, -0.1) is 0 Å². The number of amides is 1. The van der Waals surface area contributed by atoms with E-state index in [0.717, 1.165) is 17.5 Å². The summed E-state index contributed by atoms with van der Waals surface area (Å²) in [5.41, 5.74) is 2.87. The van der Waals surface area contributed by atoms with E-state index in [1.165, 1.54) is 0 Å². The standard InChI is InChI=1S/C21H26N2O4/c1-5-15(12-24)19-6-13(2)22-9-20(19)14(3)27-17-7-16(8-17)21(25)23-10-18(11-23)26-4/h5-6,9,12,16-18H,3,7-8,10-11H2,1-2,4H3/b15-5-. The average molecular weight is 370 g/mol. The topological polar surface area (TPSA) is 68.7 Å². The van der Waals surface area contributed by atoms with E-state index in [1.807, 2.05) is 24.8 Å². The minimum Gasteiger partial charge on any atom is -0.490 e. The van der Waals surface area contributed by atoms with Gasteiger partial charge in [0.05, 0.1) is 6.10 Å². The van der Waals surface area contributed by atoms with Crippen molar-refractivity contribution in [3.05, 3.63) is 41.7 Å². The first-order valence-corrected chi connectivity index (χ1v) is 9.22. The maximum atomic E-state index is 12.4. The molecule has 0 radical (unpaired) electrons. The molecule has 0 bridgehead atoms. The normalized spacial score (nSPS) is 22.6. The number of hydrogen-bond donors (Lipinski definition) is 0. The molecule has 27 heavy (non-hydrogen) atoms. The largest absolute Gasteiger partial charge is 0.490 e. The summed E-state index contributed by atoms with van der Waals surface area (Å²) in [6.07, 6.45) is 5.78. The molecule has 144 valence electrons. The number of aldehydes is 1. The second-order valence-corrected chi connectivity index (χ2v) is 7.17. The van der Waals surface area contributed by atoms with Gasteiger partial charge in [0.15, 0.2) is 0 Å². The fourth-order valence-electron chi connectivity index (χ4n) is 3.46. The number of ether oxygens (including phenoxy) is 2. The van der Waals surface area contributed by atoms with Crippen LogP contribution < -0.4 is 0 Å². The summed E-state index contributed by atoms with van der Waals surface area (Å²) in [7, 11) is 1.67. The van der Waals surface area contributed by atoms with E-state index in [1.54, 1.807) is 19.4 Å². The lowest BCUT2D eigenvalue weighted by molar-refractivity contribution is -0.153. The number of likely N-dealkylation sites (tertiary alicyclic amines) is 1. The number of nitrogens with zero attached hydrogens (tertiary/aromatic N) is 2.